The molecule has 0 amide bonds. The van der Waals surface area contributed by atoms with E-state index in [-0.39, 0.29) is 5.56 Å². The van der Waals surface area contributed by atoms with Crippen LogP contribution in [0.4, 0.5) is 11.5 Å². The molecule has 1 atom stereocenters. The van der Waals surface area contributed by atoms with E-state index in [4.69, 9.17) is 4.74 Å². The van der Waals surface area contributed by atoms with Crippen LogP contribution in [-0.4, -0.2) is 35.3 Å². The van der Waals surface area contributed by atoms with Crippen LogP contribution < -0.4 is 15.8 Å². The molecule has 0 bridgehead atoms. The molecule has 2 N–H and O–H groups in total. The number of carbonyl (C=O) groups excluding carboxylic acids is 1. The fourth-order valence-corrected chi connectivity index (χ4v) is 5.01. The number of rotatable bonds is 8. The van der Waals surface area contributed by atoms with Gasteiger partial charge in [-0.15, -0.1) is 0 Å². The van der Waals surface area contributed by atoms with Gasteiger partial charge in [0.25, 0.3) is 5.56 Å². The van der Waals surface area contributed by atoms with Crippen LogP contribution >= 0.6 is 11.8 Å². The van der Waals surface area contributed by atoms with E-state index >= 15 is 0 Å². The van der Waals surface area contributed by atoms with Crippen molar-refractivity contribution in [3.05, 3.63) is 92.9 Å². The third-order valence-corrected chi connectivity index (χ3v) is 6.85. The summed E-state index contributed by atoms with van der Waals surface area (Å²) >= 11 is 1.46. The van der Waals surface area contributed by atoms with Gasteiger partial charge in [0.15, 0.2) is 5.16 Å². The maximum atomic E-state index is 13.2. The molecule has 3 aromatic rings. The first-order valence-corrected chi connectivity index (χ1v) is 12.7. The number of hydrogen-bond donors (Lipinski definition) is 2. The van der Waals surface area contributed by atoms with E-state index < -0.39 is 11.9 Å². The number of anilines is 2. The number of thioether (sulfide) groups is 1. The van der Waals surface area contributed by atoms with Gasteiger partial charge >= 0.3 is 5.97 Å². The lowest BCUT2D eigenvalue weighted by Crippen LogP contribution is -2.31. The number of nitrogens with one attached hydrogen (secondary N) is 2. The number of benzene rings is 2. The summed E-state index contributed by atoms with van der Waals surface area (Å²) in [5.41, 5.74) is 4.32. The highest BCUT2D eigenvalue weighted by atomic mass is 32.2. The Kier molecular flexibility index (Phi) is 7.60. The summed E-state index contributed by atoms with van der Waals surface area (Å²) in [7, 11) is 1.35. The highest BCUT2D eigenvalue weighted by molar-refractivity contribution is 7.99. The SMILES string of the molecule is CCSc1nc2c(c(=O)[nH]1)C(c1ccc(N(CC)Cc3ccccc3)cc1)C(C(=O)OC)=C(C)N2. The zero-order chi connectivity index (χ0) is 24.9. The zero-order valence-electron chi connectivity index (χ0n) is 20.4. The van der Waals surface area contributed by atoms with Crippen molar-refractivity contribution in [2.24, 2.45) is 0 Å². The Labute approximate surface area is 209 Å². The van der Waals surface area contributed by atoms with E-state index in [0.29, 0.717) is 27.8 Å². The summed E-state index contributed by atoms with van der Waals surface area (Å²) < 4.78 is 5.09. The molecule has 35 heavy (non-hydrogen) atoms. The lowest BCUT2D eigenvalue weighted by molar-refractivity contribution is -0.136. The quantitative estimate of drug-likeness (QED) is 0.263. The smallest absolute Gasteiger partial charge is 0.336 e. The van der Waals surface area contributed by atoms with Crippen LogP contribution in [0.2, 0.25) is 0 Å². The van der Waals surface area contributed by atoms with E-state index in [9.17, 15) is 9.59 Å². The van der Waals surface area contributed by atoms with E-state index in [1.165, 1.54) is 24.4 Å². The molecule has 1 aliphatic heterocycles. The Hall–Kier alpha value is -3.52. The number of aromatic amines is 1. The lowest BCUT2D eigenvalue weighted by Gasteiger charge is -2.29. The molecule has 0 aliphatic carbocycles. The number of ether oxygens (including phenoxy) is 1. The summed E-state index contributed by atoms with van der Waals surface area (Å²) in [5.74, 6) is 0.198. The normalized spacial score (nSPS) is 14.8. The second-order valence-electron chi connectivity index (χ2n) is 8.25. The number of nitrogens with zero attached hydrogens (tertiary/aromatic N) is 2. The Morgan fingerprint density at radius 3 is 2.46 bits per heavy atom. The lowest BCUT2D eigenvalue weighted by atomic mass is 9.82. The second-order valence-corrected chi connectivity index (χ2v) is 9.50. The summed E-state index contributed by atoms with van der Waals surface area (Å²) in [6.07, 6.45) is 0. The molecule has 182 valence electrons. The number of carbonyl (C=O) groups is 1. The molecular formula is C27H30N4O3S. The molecule has 4 rings (SSSR count). The van der Waals surface area contributed by atoms with Gasteiger partial charge in [-0.3, -0.25) is 4.79 Å². The summed E-state index contributed by atoms with van der Waals surface area (Å²) in [6, 6.07) is 18.4. The molecule has 0 saturated carbocycles. The van der Waals surface area contributed by atoms with Gasteiger partial charge < -0.3 is 19.9 Å². The molecule has 8 heteroatoms. The first kappa shape index (κ1) is 24.6. The molecule has 1 aliphatic rings. The van der Waals surface area contributed by atoms with Crippen molar-refractivity contribution in [3.63, 3.8) is 0 Å². The molecule has 2 aromatic carbocycles. The fraction of sp³-hybridized carbons (Fsp3) is 0.296. The minimum Gasteiger partial charge on any atom is -0.466 e. The number of methoxy groups -OCH3 is 1. The number of esters is 1. The minimum atomic E-state index is -0.589. The van der Waals surface area contributed by atoms with Crippen LogP contribution in [-0.2, 0) is 16.1 Å². The Bertz CT molecular complexity index is 1290. The third-order valence-electron chi connectivity index (χ3n) is 6.10. The van der Waals surface area contributed by atoms with E-state index in [2.05, 4.69) is 39.2 Å². The van der Waals surface area contributed by atoms with Crippen LogP contribution in [0.1, 0.15) is 43.4 Å². The van der Waals surface area contributed by atoms with E-state index in [1.807, 2.05) is 56.3 Å². The van der Waals surface area contributed by atoms with Gasteiger partial charge in [-0.1, -0.05) is 61.2 Å². The van der Waals surface area contributed by atoms with Crippen LogP contribution in [0, 0.1) is 0 Å². The van der Waals surface area contributed by atoms with Gasteiger partial charge in [0, 0.05) is 24.5 Å². The van der Waals surface area contributed by atoms with Crippen molar-refractivity contribution in [1.29, 1.82) is 0 Å². The standard InChI is InChI=1S/C27H30N4O3S/c1-5-31(16-18-10-8-7-9-11-18)20-14-12-19(13-15-20)22-21(26(33)34-4)17(3)28-24-23(22)25(32)30-27(29-24)35-6-2/h7-15,22H,5-6,16H2,1-4H3,(H2,28,29,30,32). The van der Waals surface area contributed by atoms with Gasteiger partial charge in [-0.2, -0.15) is 0 Å². The molecule has 0 saturated heterocycles. The predicted octanol–water partition coefficient (Wildman–Crippen LogP) is 4.91. The average Bonchev–Trinajstić information content (AvgIpc) is 2.87. The van der Waals surface area contributed by atoms with Crippen molar-refractivity contribution in [2.45, 2.75) is 38.4 Å². The van der Waals surface area contributed by atoms with Crippen molar-refractivity contribution in [2.75, 3.05) is 29.6 Å². The fourth-order valence-electron chi connectivity index (χ4n) is 4.42. The van der Waals surface area contributed by atoms with Crippen molar-refractivity contribution in [1.82, 2.24) is 9.97 Å². The molecule has 7 nitrogen and oxygen atoms in total. The Morgan fingerprint density at radius 1 is 1.11 bits per heavy atom. The van der Waals surface area contributed by atoms with Crippen LogP contribution in [0.25, 0.3) is 0 Å². The average molecular weight is 491 g/mol. The summed E-state index contributed by atoms with van der Waals surface area (Å²) in [4.78, 5) is 35.8. The van der Waals surface area contributed by atoms with E-state index in [0.717, 1.165) is 30.1 Å². The molecular weight excluding hydrogens is 460 g/mol. The number of fused-ring (bicyclic) bond motifs is 1. The number of aromatic nitrogens is 2. The van der Waals surface area contributed by atoms with Crippen molar-refractivity contribution >= 4 is 29.2 Å². The first-order valence-electron chi connectivity index (χ1n) is 11.7. The maximum Gasteiger partial charge on any atom is 0.336 e. The molecule has 2 heterocycles. The molecule has 0 radical (unpaired) electrons. The molecule has 0 fully saturated rings. The van der Waals surface area contributed by atoms with Gasteiger partial charge in [-0.05, 0) is 42.9 Å². The van der Waals surface area contributed by atoms with Crippen LogP contribution in [0.15, 0.2) is 75.8 Å². The van der Waals surface area contributed by atoms with Crippen LogP contribution in [0.3, 0.4) is 0 Å². The van der Waals surface area contributed by atoms with Gasteiger partial charge in [0.05, 0.1) is 24.2 Å². The Balaban J connectivity index is 1.75. The van der Waals surface area contributed by atoms with Crippen LogP contribution in [0.5, 0.6) is 0 Å². The monoisotopic (exact) mass is 490 g/mol. The largest absolute Gasteiger partial charge is 0.466 e. The first-order chi connectivity index (χ1) is 17.0. The highest BCUT2D eigenvalue weighted by Crippen LogP contribution is 2.40. The molecule has 1 aromatic heterocycles. The number of hydrogen-bond acceptors (Lipinski definition) is 7. The second kappa shape index (κ2) is 10.8. The zero-order valence-corrected chi connectivity index (χ0v) is 21.2. The molecule has 0 spiro atoms. The number of allylic oxidation sites excluding steroid dienone is 1. The highest BCUT2D eigenvalue weighted by Gasteiger charge is 2.36. The Morgan fingerprint density at radius 2 is 1.83 bits per heavy atom. The van der Waals surface area contributed by atoms with Crippen molar-refractivity contribution in [3.8, 4) is 0 Å². The molecule has 1 unspecified atom stereocenters. The van der Waals surface area contributed by atoms with E-state index in [1.54, 1.807) is 0 Å². The minimum absolute atomic E-state index is 0.263. The summed E-state index contributed by atoms with van der Waals surface area (Å²) in [6.45, 7) is 7.57. The maximum absolute atomic E-state index is 13.2. The third kappa shape index (κ3) is 5.12. The van der Waals surface area contributed by atoms with Gasteiger partial charge in [-0.25, -0.2) is 9.78 Å². The summed E-state index contributed by atoms with van der Waals surface area (Å²) in [5, 5.41) is 3.70. The van der Waals surface area contributed by atoms with Gasteiger partial charge in [0.1, 0.15) is 5.82 Å². The predicted molar refractivity (Wildman–Crippen MR) is 141 cm³/mol. The van der Waals surface area contributed by atoms with Crippen molar-refractivity contribution < 1.29 is 9.53 Å². The topological polar surface area (TPSA) is 87.3 Å². The number of H-pyrrole nitrogens is 1. The van der Waals surface area contributed by atoms with Gasteiger partial charge in [0.2, 0.25) is 0 Å².